The number of benzene rings is 1. The van der Waals surface area contributed by atoms with Gasteiger partial charge in [0.05, 0.1) is 12.7 Å². The summed E-state index contributed by atoms with van der Waals surface area (Å²) < 4.78 is 5.73. The van der Waals surface area contributed by atoms with Crippen molar-refractivity contribution >= 4 is 5.91 Å². The second kappa shape index (κ2) is 10.7. The molecule has 1 atom stereocenters. The minimum Gasteiger partial charge on any atom is -0.493 e. The summed E-state index contributed by atoms with van der Waals surface area (Å²) in [5.41, 5.74) is 1.09. The van der Waals surface area contributed by atoms with E-state index >= 15 is 0 Å². The van der Waals surface area contributed by atoms with E-state index in [1.54, 1.807) is 0 Å². The maximum atomic E-state index is 12.4. The summed E-state index contributed by atoms with van der Waals surface area (Å²) in [6, 6.07) is 10.0. The predicted molar refractivity (Wildman–Crippen MR) is 92.2 cm³/mol. The van der Waals surface area contributed by atoms with Gasteiger partial charge < -0.3 is 9.64 Å². The van der Waals surface area contributed by atoms with Crippen LogP contribution in [0.4, 0.5) is 0 Å². The molecule has 0 spiro atoms. The van der Waals surface area contributed by atoms with Crippen molar-refractivity contribution in [2.45, 2.75) is 46.5 Å². The van der Waals surface area contributed by atoms with Crippen LogP contribution in [0.2, 0.25) is 0 Å². The van der Waals surface area contributed by atoms with Crippen LogP contribution in [-0.2, 0) is 4.79 Å². The van der Waals surface area contributed by atoms with E-state index < -0.39 is 5.92 Å². The number of hydrogen-bond acceptors (Lipinski definition) is 3. The van der Waals surface area contributed by atoms with Crippen LogP contribution in [0.15, 0.2) is 24.3 Å². The fourth-order valence-electron chi connectivity index (χ4n) is 2.52. The van der Waals surface area contributed by atoms with Crippen molar-refractivity contribution in [1.82, 2.24) is 4.90 Å². The summed E-state index contributed by atoms with van der Waals surface area (Å²) in [6.45, 7) is 8.08. The third-order valence-electron chi connectivity index (χ3n) is 3.74. The van der Waals surface area contributed by atoms with Crippen molar-refractivity contribution in [3.63, 3.8) is 0 Å². The first-order valence-corrected chi connectivity index (χ1v) is 8.50. The molecule has 126 valence electrons. The van der Waals surface area contributed by atoms with E-state index in [1.165, 1.54) is 0 Å². The molecule has 0 aliphatic heterocycles. The quantitative estimate of drug-likeness (QED) is 0.614. The van der Waals surface area contributed by atoms with Crippen molar-refractivity contribution < 1.29 is 9.53 Å². The normalized spacial score (nSPS) is 11.6. The lowest BCUT2D eigenvalue weighted by molar-refractivity contribution is -0.134. The number of para-hydroxylation sites is 1. The second-order valence-electron chi connectivity index (χ2n) is 5.76. The molecule has 1 amide bonds. The highest BCUT2D eigenvalue weighted by Crippen LogP contribution is 2.17. The first-order chi connectivity index (χ1) is 11.1. The molecule has 0 fully saturated rings. The molecule has 1 unspecified atom stereocenters. The average molecular weight is 316 g/mol. The Bertz CT molecular complexity index is 516. The molecule has 1 aromatic carbocycles. The first-order valence-electron chi connectivity index (χ1n) is 8.50. The predicted octanol–water partition coefficient (Wildman–Crippen LogP) is 3.94. The van der Waals surface area contributed by atoms with Gasteiger partial charge in [-0.15, -0.1) is 0 Å². The van der Waals surface area contributed by atoms with E-state index in [0.29, 0.717) is 19.4 Å². The minimum absolute atomic E-state index is 0.0351. The molecule has 0 saturated carbocycles. The number of hydrogen-bond donors (Lipinski definition) is 0. The zero-order chi connectivity index (χ0) is 17.1. The van der Waals surface area contributed by atoms with E-state index in [4.69, 9.17) is 4.74 Å². The van der Waals surface area contributed by atoms with Gasteiger partial charge in [0.15, 0.2) is 0 Å². The molecule has 0 radical (unpaired) electrons. The number of nitrogens with zero attached hydrogens (tertiary/aromatic N) is 2. The van der Waals surface area contributed by atoms with Gasteiger partial charge in [-0.3, -0.25) is 4.79 Å². The van der Waals surface area contributed by atoms with Crippen LogP contribution in [0.3, 0.4) is 0 Å². The lowest BCUT2D eigenvalue weighted by atomic mass is 10.0. The molecule has 0 N–H and O–H groups in total. The van der Waals surface area contributed by atoms with Crippen molar-refractivity contribution in [3.05, 3.63) is 29.8 Å². The van der Waals surface area contributed by atoms with Crippen LogP contribution in [0.5, 0.6) is 5.75 Å². The number of ether oxygens (including phenoxy) is 1. The van der Waals surface area contributed by atoms with Crippen LogP contribution in [-0.4, -0.2) is 30.5 Å². The Hall–Kier alpha value is -2.02. The third-order valence-corrected chi connectivity index (χ3v) is 3.74. The Balaban J connectivity index is 2.45. The zero-order valence-electron chi connectivity index (χ0n) is 14.5. The number of aryl methyl sites for hydroxylation is 1. The van der Waals surface area contributed by atoms with Crippen molar-refractivity contribution in [2.24, 2.45) is 5.92 Å². The molecular weight excluding hydrogens is 288 g/mol. The highest BCUT2D eigenvalue weighted by molar-refractivity contribution is 5.81. The van der Waals surface area contributed by atoms with Gasteiger partial charge in [-0.05, 0) is 44.2 Å². The Morgan fingerprint density at radius 1 is 1.26 bits per heavy atom. The highest BCUT2D eigenvalue weighted by atomic mass is 16.5. The largest absolute Gasteiger partial charge is 0.493 e. The number of rotatable bonds is 10. The number of nitriles is 1. The summed E-state index contributed by atoms with van der Waals surface area (Å²) in [5, 5.41) is 9.30. The van der Waals surface area contributed by atoms with E-state index in [9.17, 15) is 10.1 Å². The molecule has 4 nitrogen and oxygen atoms in total. The maximum Gasteiger partial charge on any atom is 0.239 e. The monoisotopic (exact) mass is 316 g/mol. The second-order valence-corrected chi connectivity index (χ2v) is 5.76. The molecule has 0 aliphatic rings. The molecule has 0 saturated heterocycles. The SMILES string of the molecule is CCCN(CCC)C(=O)C(C#N)CCCOc1ccccc1C. The van der Waals surface area contributed by atoms with Gasteiger partial charge in [-0.2, -0.15) is 5.26 Å². The Kier molecular flexibility index (Phi) is 8.82. The first kappa shape index (κ1) is 19.0. The van der Waals surface area contributed by atoms with Gasteiger partial charge in [0.2, 0.25) is 5.91 Å². The Morgan fingerprint density at radius 2 is 1.91 bits per heavy atom. The third kappa shape index (κ3) is 6.32. The summed E-state index contributed by atoms with van der Waals surface area (Å²) in [5.74, 6) is 0.270. The van der Waals surface area contributed by atoms with Crippen LogP contribution >= 0.6 is 0 Å². The van der Waals surface area contributed by atoms with E-state index in [0.717, 1.165) is 37.2 Å². The van der Waals surface area contributed by atoms with Crippen molar-refractivity contribution in [2.75, 3.05) is 19.7 Å². The fraction of sp³-hybridized carbons (Fsp3) is 0.579. The van der Waals surface area contributed by atoms with Crippen LogP contribution in [0.1, 0.15) is 45.1 Å². The summed E-state index contributed by atoms with van der Waals surface area (Å²) in [7, 11) is 0. The molecule has 4 heteroatoms. The van der Waals surface area contributed by atoms with Gasteiger partial charge in [-0.1, -0.05) is 32.0 Å². The molecule has 23 heavy (non-hydrogen) atoms. The molecule has 1 aromatic rings. The average Bonchev–Trinajstić information content (AvgIpc) is 2.56. The topological polar surface area (TPSA) is 53.3 Å². The Labute approximate surface area is 140 Å². The Morgan fingerprint density at radius 3 is 2.48 bits per heavy atom. The van der Waals surface area contributed by atoms with Crippen molar-refractivity contribution in [3.8, 4) is 11.8 Å². The number of carbonyl (C=O) groups is 1. The maximum absolute atomic E-state index is 12.4. The lowest BCUT2D eigenvalue weighted by Crippen LogP contribution is -2.37. The summed E-state index contributed by atoms with van der Waals surface area (Å²) in [6.07, 6.45) is 3.08. The van der Waals surface area contributed by atoms with E-state index in [1.807, 2.05) is 49.9 Å². The molecule has 1 rings (SSSR count). The van der Waals surface area contributed by atoms with Gasteiger partial charge in [-0.25, -0.2) is 0 Å². The standard InChI is InChI=1S/C19H28N2O2/c1-4-12-21(13-5-2)19(22)17(15-20)10-8-14-23-18-11-7-6-9-16(18)3/h6-7,9,11,17H,4-5,8,10,12-14H2,1-3H3. The molecule has 0 aromatic heterocycles. The minimum atomic E-state index is -0.562. The van der Waals surface area contributed by atoms with Gasteiger partial charge in [0, 0.05) is 13.1 Å². The lowest BCUT2D eigenvalue weighted by Gasteiger charge is -2.23. The molecular formula is C19H28N2O2. The van der Waals surface area contributed by atoms with Crippen LogP contribution < -0.4 is 4.74 Å². The van der Waals surface area contributed by atoms with Gasteiger partial charge >= 0.3 is 0 Å². The number of amides is 1. The van der Waals surface area contributed by atoms with Gasteiger partial charge in [0.1, 0.15) is 11.7 Å². The van der Waals surface area contributed by atoms with Gasteiger partial charge in [0.25, 0.3) is 0 Å². The molecule has 0 bridgehead atoms. The summed E-state index contributed by atoms with van der Waals surface area (Å²) in [4.78, 5) is 14.3. The van der Waals surface area contributed by atoms with Crippen LogP contribution in [0, 0.1) is 24.2 Å². The number of carbonyl (C=O) groups excluding carboxylic acids is 1. The summed E-state index contributed by atoms with van der Waals surface area (Å²) >= 11 is 0. The van der Waals surface area contributed by atoms with E-state index in [2.05, 4.69) is 6.07 Å². The molecule has 0 heterocycles. The highest BCUT2D eigenvalue weighted by Gasteiger charge is 2.22. The van der Waals surface area contributed by atoms with Crippen molar-refractivity contribution in [1.29, 1.82) is 5.26 Å². The molecule has 0 aliphatic carbocycles. The van der Waals surface area contributed by atoms with Crippen LogP contribution in [0.25, 0.3) is 0 Å². The van der Waals surface area contributed by atoms with E-state index in [-0.39, 0.29) is 5.91 Å². The smallest absolute Gasteiger partial charge is 0.239 e. The zero-order valence-corrected chi connectivity index (χ0v) is 14.5. The fourth-order valence-corrected chi connectivity index (χ4v) is 2.52.